The minimum absolute atomic E-state index is 0.0438. The van der Waals surface area contributed by atoms with Gasteiger partial charge in [-0.3, -0.25) is 4.79 Å². The van der Waals surface area contributed by atoms with Gasteiger partial charge in [0.1, 0.15) is 6.26 Å². The number of ether oxygens (including phenoxy) is 1. The van der Waals surface area contributed by atoms with Gasteiger partial charge in [0.25, 0.3) is 5.91 Å². The van der Waals surface area contributed by atoms with Gasteiger partial charge in [0.2, 0.25) is 0 Å². The van der Waals surface area contributed by atoms with Crippen LogP contribution in [0.5, 0.6) is 11.5 Å². The normalized spacial score (nSPS) is 10.2. The number of hydrogen-bond donors (Lipinski definition) is 1. The van der Waals surface area contributed by atoms with Crippen LogP contribution in [0, 0.1) is 0 Å². The topological polar surface area (TPSA) is 75.8 Å². The molecule has 100 valence electrons. The molecule has 0 unspecified atom stereocenters. The Kier molecular flexibility index (Phi) is 3.70. The summed E-state index contributed by atoms with van der Waals surface area (Å²) in [5.41, 5.74) is 1.04. The van der Waals surface area contributed by atoms with Gasteiger partial charge >= 0.3 is 0 Å². The number of phenolic OH excluding ortho intramolecular Hbond substituents is 1. The summed E-state index contributed by atoms with van der Waals surface area (Å²) in [5.74, 6) is 0.195. The number of methoxy groups -OCH3 is 1. The van der Waals surface area contributed by atoms with Crippen LogP contribution in [0.1, 0.15) is 16.1 Å². The van der Waals surface area contributed by atoms with Gasteiger partial charge in [0.15, 0.2) is 23.6 Å². The first-order chi connectivity index (χ1) is 9.11. The molecule has 0 fully saturated rings. The maximum absolute atomic E-state index is 11.9. The maximum Gasteiger partial charge on any atom is 0.275 e. The van der Waals surface area contributed by atoms with Crippen LogP contribution in [-0.4, -0.2) is 35.1 Å². The van der Waals surface area contributed by atoms with Crippen molar-refractivity contribution in [2.24, 2.45) is 0 Å². The summed E-state index contributed by atoms with van der Waals surface area (Å²) in [4.78, 5) is 17.2. The Labute approximate surface area is 110 Å². The highest BCUT2D eigenvalue weighted by Crippen LogP contribution is 2.26. The fourth-order valence-electron chi connectivity index (χ4n) is 1.69. The fourth-order valence-corrected chi connectivity index (χ4v) is 1.69. The van der Waals surface area contributed by atoms with E-state index in [-0.39, 0.29) is 17.4 Å². The summed E-state index contributed by atoms with van der Waals surface area (Å²) >= 11 is 0. The number of nitrogens with zero attached hydrogens (tertiary/aromatic N) is 2. The molecule has 2 aromatic rings. The second kappa shape index (κ2) is 5.43. The average molecular weight is 262 g/mol. The lowest BCUT2D eigenvalue weighted by Crippen LogP contribution is -2.26. The third-order valence-corrected chi connectivity index (χ3v) is 2.66. The van der Waals surface area contributed by atoms with Crippen LogP contribution >= 0.6 is 0 Å². The molecule has 1 amide bonds. The van der Waals surface area contributed by atoms with E-state index in [1.807, 2.05) is 0 Å². The standard InChI is InChI=1S/C13H14N2O4/c1-15(13(17)10-7-19-8-14-10)6-9-3-4-12(18-2)11(16)5-9/h3-5,7-8,16H,6H2,1-2H3. The number of oxazole rings is 1. The number of carbonyl (C=O) groups excluding carboxylic acids is 1. The Balaban J connectivity index is 2.08. The lowest BCUT2D eigenvalue weighted by Gasteiger charge is -2.16. The van der Waals surface area contributed by atoms with E-state index in [1.165, 1.54) is 24.7 Å². The Hall–Kier alpha value is -2.50. The highest BCUT2D eigenvalue weighted by atomic mass is 16.5. The molecule has 0 aliphatic carbocycles. The van der Waals surface area contributed by atoms with Crippen molar-refractivity contribution in [1.82, 2.24) is 9.88 Å². The van der Waals surface area contributed by atoms with Gasteiger partial charge in [-0.2, -0.15) is 0 Å². The van der Waals surface area contributed by atoms with E-state index in [1.54, 1.807) is 25.2 Å². The first-order valence-electron chi connectivity index (χ1n) is 5.61. The van der Waals surface area contributed by atoms with E-state index >= 15 is 0 Å². The molecule has 0 radical (unpaired) electrons. The van der Waals surface area contributed by atoms with Crippen LogP contribution in [0.25, 0.3) is 0 Å². The molecule has 0 spiro atoms. The van der Waals surface area contributed by atoms with Crippen LogP contribution in [0.2, 0.25) is 0 Å². The van der Waals surface area contributed by atoms with Crippen LogP contribution in [0.3, 0.4) is 0 Å². The number of rotatable bonds is 4. The van der Waals surface area contributed by atoms with Crippen LogP contribution in [0.4, 0.5) is 0 Å². The molecule has 2 rings (SSSR count). The van der Waals surface area contributed by atoms with Crippen LogP contribution < -0.4 is 4.74 Å². The molecule has 6 nitrogen and oxygen atoms in total. The lowest BCUT2D eigenvalue weighted by molar-refractivity contribution is 0.0779. The van der Waals surface area contributed by atoms with Crippen molar-refractivity contribution in [3.05, 3.63) is 42.1 Å². The molecule has 6 heteroatoms. The highest BCUT2D eigenvalue weighted by Gasteiger charge is 2.15. The summed E-state index contributed by atoms with van der Waals surface area (Å²) in [7, 11) is 3.13. The van der Waals surface area contributed by atoms with E-state index in [0.717, 1.165) is 5.56 Å². The number of aromatic hydroxyl groups is 1. The molecule has 19 heavy (non-hydrogen) atoms. The zero-order chi connectivity index (χ0) is 13.8. The zero-order valence-electron chi connectivity index (χ0n) is 10.7. The van der Waals surface area contributed by atoms with Gasteiger partial charge in [-0.1, -0.05) is 6.07 Å². The molecule has 1 heterocycles. The quantitative estimate of drug-likeness (QED) is 0.906. The summed E-state index contributed by atoms with van der Waals surface area (Å²) in [6.45, 7) is 0.350. The third kappa shape index (κ3) is 2.85. The number of aromatic nitrogens is 1. The fraction of sp³-hybridized carbons (Fsp3) is 0.231. The number of phenols is 1. The molecule has 0 aliphatic rings. The van der Waals surface area contributed by atoms with Crippen LogP contribution in [0.15, 0.2) is 35.3 Å². The number of benzene rings is 1. The Morgan fingerprint density at radius 1 is 1.53 bits per heavy atom. The van der Waals surface area contributed by atoms with Crippen molar-refractivity contribution in [3.8, 4) is 11.5 Å². The van der Waals surface area contributed by atoms with Gasteiger partial charge in [-0.25, -0.2) is 4.98 Å². The van der Waals surface area contributed by atoms with Crippen molar-refractivity contribution in [2.45, 2.75) is 6.54 Å². The number of amides is 1. The van der Waals surface area contributed by atoms with Gasteiger partial charge in [-0.05, 0) is 17.7 Å². The maximum atomic E-state index is 11.9. The van der Waals surface area contributed by atoms with E-state index in [2.05, 4.69) is 4.98 Å². The third-order valence-electron chi connectivity index (χ3n) is 2.66. The summed E-state index contributed by atoms with van der Waals surface area (Å²) in [5, 5.41) is 9.67. The Morgan fingerprint density at radius 3 is 2.89 bits per heavy atom. The summed E-state index contributed by atoms with van der Waals surface area (Å²) in [6.07, 6.45) is 2.50. The smallest absolute Gasteiger partial charge is 0.275 e. The molecule has 0 saturated heterocycles. The average Bonchev–Trinajstić information content (AvgIpc) is 2.92. The second-order valence-corrected chi connectivity index (χ2v) is 4.04. The predicted molar refractivity (Wildman–Crippen MR) is 67.0 cm³/mol. The molecule has 0 atom stereocenters. The molecule has 1 N–H and O–H groups in total. The summed E-state index contributed by atoms with van der Waals surface area (Å²) < 4.78 is 9.73. The largest absolute Gasteiger partial charge is 0.504 e. The van der Waals surface area contributed by atoms with Gasteiger partial charge < -0.3 is 19.2 Å². The molecule has 0 saturated carbocycles. The van der Waals surface area contributed by atoms with Crippen molar-refractivity contribution < 1.29 is 19.1 Å². The second-order valence-electron chi connectivity index (χ2n) is 4.04. The molecule has 1 aromatic carbocycles. The predicted octanol–water partition coefficient (Wildman–Crippen LogP) is 1.66. The molecular weight excluding hydrogens is 248 g/mol. The van der Waals surface area contributed by atoms with Gasteiger partial charge in [0.05, 0.1) is 7.11 Å². The number of hydrogen-bond acceptors (Lipinski definition) is 5. The number of carbonyl (C=O) groups is 1. The zero-order valence-corrected chi connectivity index (χ0v) is 10.7. The van der Waals surface area contributed by atoms with Crippen LogP contribution in [-0.2, 0) is 6.54 Å². The van der Waals surface area contributed by atoms with Gasteiger partial charge in [0, 0.05) is 13.6 Å². The molecule has 1 aromatic heterocycles. The lowest BCUT2D eigenvalue weighted by atomic mass is 10.2. The Bertz CT molecular complexity index is 566. The van der Waals surface area contributed by atoms with E-state index in [4.69, 9.17) is 9.15 Å². The Morgan fingerprint density at radius 2 is 2.32 bits per heavy atom. The molecular formula is C13H14N2O4. The minimum Gasteiger partial charge on any atom is -0.504 e. The van der Waals surface area contributed by atoms with E-state index < -0.39 is 0 Å². The monoisotopic (exact) mass is 262 g/mol. The first kappa shape index (κ1) is 12.9. The SMILES string of the molecule is COc1ccc(CN(C)C(=O)c2cocn2)cc1O. The first-order valence-corrected chi connectivity index (χ1v) is 5.61. The van der Waals surface area contributed by atoms with E-state index in [9.17, 15) is 9.90 Å². The van der Waals surface area contributed by atoms with Crippen molar-refractivity contribution in [3.63, 3.8) is 0 Å². The molecule has 0 aliphatic heterocycles. The van der Waals surface area contributed by atoms with Crippen molar-refractivity contribution in [1.29, 1.82) is 0 Å². The molecule has 0 bridgehead atoms. The highest BCUT2D eigenvalue weighted by molar-refractivity contribution is 5.91. The van der Waals surface area contributed by atoms with Crippen molar-refractivity contribution in [2.75, 3.05) is 14.2 Å². The van der Waals surface area contributed by atoms with Crippen molar-refractivity contribution >= 4 is 5.91 Å². The summed E-state index contributed by atoms with van der Waals surface area (Å²) in [6, 6.07) is 5.00. The van der Waals surface area contributed by atoms with Gasteiger partial charge in [-0.15, -0.1) is 0 Å². The van der Waals surface area contributed by atoms with E-state index in [0.29, 0.717) is 12.3 Å². The minimum atomic E-state index is -0.246.